The molecule has 5 heteroatoms. The summed E-state index contributed by atoms with van der Waals surface area (Å²) in [6, 6.07) is 14.8. The van der Waals surface area contributed by atoms with E-state index in [9.17, 15) is 4.79 Å². The van der Waals surface area contributed by atoms with Gasteiger partial charge in [0.2, 0.25) is 0 Å². The largest absolute Gasteiger partial charge is 0.360 e. The fourth-order valence-corrected chi connectivity index (χ4v) is 6.09. The molecule has 34 heavy (non-hydrogen) atoms. The van der Waals surface area contributed by atoms with Crippen molar-refractivity contribution in [3.05, 3.63) is 70.1 Å². The Kier molecular flexibility index (Phi) is 6.77. The summed E-state index contributed by atoms with van der Waals surface area (Å²) >= 11 is 1.47. The number of anilines is 1. The summed E-state index contributed by atoms with van der Waals surface area (Å²) in [6.45, 7) is 16.1. The van der Waals surface area contributed by atoms with Gasteiger partial charge in [-0.3, -0.25) is 9.69 Å². The van der Waals surface area contributed by atoms with Crippen molar-refractivity contribution in [2.75, 3.05) is 11.4 Å². The monoisotopic (exact) mass is 473 g/mol. The molecule has 2 heterocycles. The highest BCUT2D eigenvalue weighted by Crippen LogP contribution is 2.42. The number of aryl methyl sites for hydroxylation is 1. The average Bonchev–Trinajstić information content (AvgIpc) is 3.04. The Morgan fingerprint density at radius 1 is 1.12 bits per heavy atom. The smallest absolute Gasteiger partial charge is 0.266 e. The molecule has 4 rings (SSSR count). The van der Waals surface area contributed by atoms with E-state index in [0.717, 1.165) is 27.7 Å². The molecule has 4 nitrogen and oxygen atoms in total. The van der Waals surface area contributed by atoms with Gasteiger partial charge in [0, 0.05) is 23.8 Å². The van der Waals surface area contributed by atoms with E-state index in [4.69, 9.17) is 4.99 Å². The summed E-state index contributed by atoms with van der Waals surface area (Å²) in [6.07, 6.45) is 5.28. The molecular weight excluding hydrogens is 438 g/mol. The molecule has 0 aliphatic carbocycles. The third kappa shape index (κ3) is 4.58. The summed E-state index contributed by atoms with van der Waals surface area (Å²) in [5, 5.41) is 0.753. The number of amidine groups is 1. The van der Waals surface area contributed by atoms with Gasteiger partial charge in [-0.05, 0) is 107 Å². The Morgan fingerprint density at radius 3 is 2.47 bits per heavy atom. The zero-order valence-electron chi connectivity index (χ0n) is 21.3. The molecule has 2 aromatic carbocycles. The van der Waals surface area contributed by atoms with Gasteiger partial charge in [0.25, 0.3) is 5.91 Å². The molecule has 2 aromatic rings. The van der Waals surface area contributed by atoms with Crippen LogP contribution in [0, 0.1) is 6.92 Å². The summed E-state index contributed by atoms with van der Waals surface area (Å²) in [7, 11) is 0. The van der Waals surface area contributed by atoms with Gasteiger partial charge in [0.15, 0.2) is 5.17 Å². The van der Waals surface area contributed by atoms with Crippen LogP contribution in [0.2, 0.25) is 0 Å². The van der Waals surface area contributed by atoms with Gasteiger partial charge in [-0.25, -0.2) is 4.99 Å². The molecule has 0 radical (unpaired) electrons. The Labute approximate surface area is 208 Å². The van der Waals surface area contributed by atoms with Gasteiger partial charge in [-0.1, -0.05) is 31.2 Å². The van der Waals surface area contributed by atoms with E-state index in [1.54, 1.807) is 0 Å². The third-order valence-electron chi connectivity index (χ3n) is 6.38. The van der Waals surface area contributed by atoms with Crippen molar-refractivity contribution < 1.29 is 4.79 Å². The van der Waals surface area contributed by atoms with Crippen LogP contribution in [0.25, 0.3) is 11.6 Å². The SMILES string of the molecule is CCCN1C(=O)/C(=C/c2cc3c(cc2C)N(C(C)C)C(C)(C)C=C3C)SC1=Nc1ccccc1. The maximum Gasteiger partial charge on any atom is 0.266 e. The standard InChI is InChI=1S/C29H35N3OS/c1-8-14-31-27(33)26(34-28(31)30-23-12-10-9-11-13-23)17-22-16-24-21(5)18-29(6,7)32(19(2)3)25(24)15-20(22)4/h9-13,15-19H,8,14H2,1-7H3/b26-17-,30-28?. The number of rotatable bonds is 5. The van der Waals surface area contributed by atoms with E-state index in [1.165, 1.54) is 34.1 Å². The fraction of sp³-hybridized carbons (Fsp3) is 0.379. The maximum atomic E-state index is 13.3. The van der Waals surface area contributed by atoms with Gasteiger partial charge in [0.05, 0.1) is 16.1 Å². The number of hydrogen-bond acceptors (Lipinski definition) is 4. The second-order valence-electron chi connectivity index (χ2n) is 9.97. The van der Waals surface area contributed by atoms with Crippen molar-refractivity contribution in [3.63, 3.8) is 0 Å². The molecule has 0 N–H and O–H groups in total. The van der Waals surface area contributed by atoms with Crippen molar-refractivity contribution in [1.29, 1.82) is 0 Å². The molecule has 0 spiro atoms. The van der Waals surface area contributed by atoms with E-state index >= 15 is 0 Å². The number of carbonyl (C=O) groups is 1. The number of thioether (sulfide) groups is 1. The molecule has 1 saturated heterocycles. The minimum absolute atomic E-state index is 0.0378. The molecule has 0 atom stereocenters. The lowest BCUT2D eigenvalue weighted by molar-refractivity contribution is -0.122. The number of fused-ring (bicyclic) bond motifs is 1. The highest BCUT2D eigenvalue weighted by atomic mass is 32.2. The molecule has 1 amide bonds. The first-order chi connectivity index (χ1) is 16.1. The lowest BCUT2D eigenvalue weighted by atomic mass is 9.86. The topological polar surface area (TPSA) is 35.9 Å². The first kappa shape index (κ1) is 24.3. The van der Waals surface area contributed by atoms with Crippen molar-refractivity contribution in [2.24, 2.45) is 4.99 Å². The predicted octanol–water partition coefficient (Wildman–Crippen LogP) is 7.42. The van der Waals surface area contributed by atoms with E-state index < -0.39 is 0 Å². The second kappa shape index (κ2) is 9.46. The van der Waals surface area contributed by atoms with Crippen LogP contribution in [0.3, 0.4) is 0 Å². The normalized spacial score (nSPS) is 19.9. The Bertz CT molecular complexity index is 1190. The van der Waals surface area contributed by atoms with Crippen LogP contribution < -0.4 is 4.90 Å². The van der Waals surface area contributed by atoms with Crippen molar-refractivity contribution in [3.8, 4) is 0 Å². The summed E-state index contributed by atoms with van der Waals surface area (Å²) in [5.74, 6) is 0.0378. The zero-order chi connectivity index (χ0) is 24.6. The van der Waals surface area contributed by atoms with Gasteiger partial charge in [-0.15, -0.1) is 0 Å². The number of benzene rings is 2. The van der Waals surface area contributed by atoms with E-state index in [-0.39, 0.29) is 11.4 Å². The summed E-state index contributed by atoms with van der Waals surface area (Å²) in [5.41, 5.74) is 6.87. The summed E-state index contributed by atoms with van der Waals surface area (Å²) in [4.78, 5) is 23.1. The molecule has 0 saturated carbocycles. The average molecular weight is 474 g/mol. The highest BCUT2D eigenvalue weighted by molar-refractivity contribution is 8.18. The molecule has 2 aliphatic heterocycles. The Balaban J connectivity index is 1.75. The van der Waals surface area contributed by atoms with E-state index in [0.29, 0.717) is 12.6 Å². The highest BCUT2D eigenvalue weighted by Gasteiger charge is 2.35. The van der Waals surface area contributed by atoms with Crippen LogP contribution in [0.4, 0.5) is 11.4 Å². The van der Waals surface area contributed by atoms with Crippen LogP contribution in [-0.4, -0.2) is 34.1 Å². The number of para-hydroxylation sites is 1. The molecule has 178 valence electrons. The minimum atomic E-state index is -0.0433. The van der Waals surface area contributed by atoms with Crippen LogP contribution in [-0.2, 0) is 4.79 Å². The Hall–Kier alpha value is -2.79. The van der Waals surface area contributed by atoms with Gasteiger partial charge < -0.3 is 4.90 Å². The molecule has 0 bridgehead atoms. The fourth-order valence-electron chi connectivity index (χ4n) is 5.08. The lowest BCUT2D eigenvalue weighted by Gasteiger charge is -2.46. The third-order valence-corrected chi connectivity index (χ3v) is 7.39. The number of aliphatic imine (C=N–C) groups is 1. The molecular formula is C29H35N3OS. The van der Waals surface area contributed by atoms with E-state index in [2.05, 4.69) is 71.6 Å². The zero-order valence-corrected chi connectivity index (χ0v) is 22.2. The number of allylic oxidation sites excluding steroid dienone is 1. The van der Waals surface area contributed by atoms with Crippen molar-refractivity contribution in [1.82, 2.24) is 4.90 Å². The van der Waals surface area contributed by atoms with Crippen molar-refractivity contribution >= 4 is 45.9 Å². The number of carbonyl (C=O) groups excluding carboxylic acids is 1. The minimum Gasteiger partial charge on any atom is -0.360 e. The van der Waals surface area contributed by atoms with Crippen LogP contribution in [0.1, 0.15) is 64.7 Å². The van der Waals surface area contributed by atoms with Crippen LogP contribution >= 0.6 is 11.8 Å². The molecule has 1 fully saturated rings. The second-order valence-corrected chi connectivity index (χ2v) is 11.0. The molecule has 2 aliphatic rings. The van der Waals surface area contributed by atoms with E-state index in [1.807, 2.05) is 41.3 Å². The molecule has 0 aromatic heterocycles. The number of nitrogens with zero attached hydrogens (tertiary/aromatic N) is 3. The van der Waals surface area contributed by atoms with Crippen molar-refractivity contribution in [2.45, 2.75) is 66.5 Å². The Morgan fingerprint density at radius 2 is 1.82 bits per heavy atom. The first-order valence-corrected chi connectivity index (χ1v) is 12.9. The number of hydrogen-bond donors (Lipinski definition) is 0. The predicted molar refractivity (Wildman–Crippen MR) is 148 cm³/mol. The molecule has 0 unspecified atom stereocenters. The summed E-state index contributed by atoms with van der Waals surface area (Å²) < 4.78 is 0. The lowest BCUT2D eigenvalue weighted by Crippen LogP contribution is -2.49. The maximum absolute atomic E-state index is 13.3. The quantitative estimate of drug-likeness (QED) is 0.424. The van der Waals surface area contributed by atoms with Crippen LogP contribution in [0.5, 0.6) is 0 Å². The first-order valence-electron chi connectivity index (χ1n) is 12.1. The van der Waals surface area contributed by atoms with Gasteiger partial charge >= 0.3 is 0 Å². The van der Waals surface area contributed by atoms with Gasteiger partial charge in [0.1, 0.15) is 0 Å². The van der Waals surface area contributed by atoms with Crippen LogP contribution in [0.15, 0.2) is 58.4 Å². The van der Waals surface area contributed by atoms with Gasteiger partial charge in [-0.2, -0.15) is 0 Å². The number of amides is 1.